The zero-order valence-electron chi connectivity index (χ0n) is 29.0. The highest BCUT2D eigenvalue weighted by atomic mass is 16.7. The van der Waals surface area contributed by atoms with E-state index in [0.717, 1.165) is 5.57 Å². The number of carbonyl (C=O) groups is 1. The van der Waals surface area contributed by atoms with Gasteiger partial charge in [0.1, 0.15) is 30.2 Å². The van der Waals surface area contributed by atoms with Crippen LogP contribution in [0, 0.1) is 39.4 Å². The smallest absolute Gasteiger partial charge is 0.187 e. The number of carbonyl (C=O) groups excluding carboxylic acids is 1. The molecule has 0 aromatic rings. The Hall–Kier alpha value is -1.29. The van der Waals surface area contributed by atoms with Gasteiger partial charge in [-0.05, 0) is 54.4 Å². The Morgan fingerprint density at radius 2 is 1.60 bits per heavy atom. The zero-order valence-corrected chi connectivity index (χ0v) is 29.0. The predicted octanol–water partition coefficient (Wildman–Crippen LogP) is 0.356. The second-order valence-corrected chi connectivity index (χ2v) is 17.1. The van der Waals surface area contributed by atoms with Crippen LogP contribution in [-0.4, -0.2) is 127 Å². The number of fused-ring (bicyclic) bond motifs is 7. The molecule has 0 aromatic heterocycles. The maximum atomic E-state index is 14.7. The molecular formula is C36H56O12. The van der Waals surface area contributed by atoms with Gasteiger partial charge in [0.05, 0.1) is 49.8 Å². The first-order valence-electron chi connectivity index (χ1n) is 17.5. The van der Waals surface area contributed by atoms with E-state index >= 15 is 0 Å². The van der Waals surface area contributed by atoms with Gasteiger partial charge in [-0.15, -0.1) is 0 Å². The third-order valence-corrected chi connectivity index (χ3v) is 14.2. The van der Waals surface area contributed by atoms with Crippen molar-refractivity contribution in [2.24, 2.45) is 39.4 Å². The number of hydrogen-bond donors (Lipinski definition) is 8. The summed E-state index contributed by atoms with van der Waals surface area (Å²) in [5.41, 5.74) is -2.38. The third kappa shape index (κ3) is 5.08. The van der Waals surface area contributed by atoms with E-state index in [1.807, 2.05) is 27.7 Å². The molecule has 2 aliphatic heterocycles. The minimum atomic E-state index is -1.61. The third-order valence-electron chi connectivity index (χ3n) is 14.2. The highest BCUT2D eigenvalue weighted by Crippen LogP contribution is 2.75. The molecule has 5 fully saturated rings. The number of ketones is 1. The molecule has 0 amide bonds. The van der Waals surface area contributed by atoms with E-state index in [0.29, 0.717) is 18.4 Å². The van der Waals surface area contributed by atoms with E-state index in [1.165, 1.54) is 0 Å². The molecule has 12 heteroatoms. The molecule has 2 unspecified atom stereocenters. The van der Waals surface area contributed by atoms with Gasteiger partial charge in [0.15, 0.2) is 6.29 Å². The van der Waals surface area contributed by atoms with Crippen molar-refractivity contribution in [3.63, 3.8) is 0 Å². The molecule has 0 bridgehead atoms. The van der Waals surface area contributed by atoms with Crippen molar-refractivity contribution in [2.45, 2.75) is 134 Å². The largest absolute Gasteiger partial charge is 0.394 e. The van der Waals surface area contributed by atoms with Gasteiger partial charge in [0, 0.05) is 29.6 Å². The van der Waals surface area contributed by atoms with Crippen molar-refractivity contribution in [2.75, 3.05) is 19.8 Å². The van der Waals surface area contributed by atoms with Gasteiger partial charge >= 0.3 is 0 Å². The van der Waals surface area contributed by atoms with E-state index in [-0.39, 0.29) is 62.1 Å². The Balaban J connectivity index is 1.32. The lowest BCUT2D eigenvalue weighted by Gasteiger charge is -2.65. The summed E-state index contributed by atoms with van der Waals surface area (Å²) in [7, 11) is 0. The van der Waals surface area contributed by atoms with Crippen molar-refractivity contribution in [3.05, 3.63) is 23.3 Å². The minimum absolute atomic E-state index is 0.0979. The standard InChI is InChI=1S/C36H56O12/c1-32(2)19-7-8-24-33(3)12-22-29(35(5,45)11-18(46-22)9-17(14-37)15-38)34(33,4)13-25(41)36(24,6)20(19)10-21(40)30(32)48-31-28(44)27(43)26(42)23(16-39)47-31/h7,9,18,20-24,26-31,37-40,42-45H,8,10-16H2,1-6H3/t18-,20-,21?,22-,23-,24+,26-,27+,28-,29?,30-,31+,33+,34-,35+,36-/m1/s1. The summed E-state index contributed by atoms with van der Waals surface area (Å²) < 4.78 is 18.4. The summed E-state index contributed by atoms with van der Waals surface area (Å²) in [6, 6.07) is 0. The van der Waals surface area contributed by atoms with Crippen LogP contribution in [0.2, 0.25) is 0 Å². The van der Waals surface area contributed by atoms with Crippen LogP contribution in [0.4, 0.5) is 0 Å². The fourth-order valence-electron chi connectivity index (χ4n) is 11.6. The second kappa shape index (κ2) is 12.2. The predicted molar refractivity (Wildman–Crippen MR) is 171 cm³/mol. The molecule has 2 saturated heterocycles. The molecule has 8 N–H and O–H groups in total. The lowest BCUT2D eigenvalue weighted by atomic mass is 9.38. The van der Waals surface area contributed by atoms with E-state index in [9.17, 15) is 45.6 Å². The van der Waals surface area contributed by atoms with Crippen LogP contribution < -0.4 is 0 Å². The van der Waals surface area contributed by atoms with Gasteiger partial charge < -0.3 is 55.1 Å². The molecule has 0 spiro atoms. The number of hydrogen-bond acceptors (Lipinski definition) is 12. The molecular weight excluding hydrogens is 624 g/mol. The van der Waals surface area contributed by atoms with Crippen molar-refractivity contribution in [1.82, 2.24) is 0 Å². The van der Waals surface area contributed by atoms with Crippen LogP contribution in [0.3, 0.4) is 0 Å². The fraction of sp³-hybridized carbons (Fsp3) is 0.861. The van der Waals surface area contributed by atoms with E-state index in [1.54, 1.807) is 6.08 Å². The van der Waals surface area contributed by atoms with Gasteiger partial charge in [-0.3, -0.25) is 4.79 Å². The number of rotatable bonds is 6. The molecule has 0 aromatic carbocycles. The first-order valence-corrected chi connectivity index (χ1v) is 17.5. The van der Waals surface area contributed by atoms with Gasteiger partial charge in [-0.25, -0.2) is 0 Å². The Morgan fingerprint density at radius 3 is 2.23 bits per heavy atom. The van der Waals surface area contributed by atoms with Crippen LogP contribution in [0.1, 0.15) is 73.6 Å². The van der Waals surface area contributed by atoms with E-state index in [2.05, 4.69) is 19.9 Å². The summed E-state index contributed by atoms with van der Waals surface area (Å²) in [6.45, 7) is 10.9. The van der Waals surface area contributed by atoms with Crippen LogP contribution in [0.25, 0.3) is 0 Å². The average Bonchev–Trinajstić information content (AvgIpc) is 3.24. The van der Waals surface area contributed by atoms with Crippen molar-refractivity contribution in [1.29, 1.82) is 0 Å². The van der Waals surface area contributed by atoms with Crippen molar-refractivity contribution >= 4 is 5.78 Å². The molecule has 272 valence electrons. The summed E-state index contributed by atoms with van der Waals surface area (Å²) in [5.74, 6) is -0.628. The molecule has 48 heavy (non-hydrogen) atoms. The molecule has 4 aliphatic carbocycles. The lowest BCUT2D eigenvalue weighted by Crippen LogP contribution is -2.66. The molecule has 0 radical (unpaired) electrons. The molecule has 2 heterocycles. The van der Waals surface area contributed by atoms with Crippen LogP contribution in [-0.2, 0) is 19.0 Å². The molecule has 16 atom stereocenters. The van der Waals surface area contributed by atoms with E-state index in [4.69, 9.17) is 14.2 Å². The van der Waals surface area contributed by atoms with E-state index < -0.39 is 82.9 Å². The first kappa shape index (κ1) is 36.5. The Morgan fingerprint density at radius 1 is 0.938 bits per heavy atom. The van der Waals surface area contributed by atoms with Crippen LogP contribution >= 0.6 is 0 Å². The first-order chi connectivity index (χ1) is 22.3. The van der Waals surface area contributed by atoms with Gasteiger partial charge in [-0.1, -0.05) is 52.3 Å². The van der Waals surface area contributed by atoms with Gasteiger partial charge in [-0.2, -0.15) is 0 Å². The summed E-state index contributed by atoms with van der Waals surface area (Å²) in [5, 5.41) is 84.0. The Labute approximate surface area is 282 Å². The molecule has 12 nitrogen and oxygen atoms in total. The monoisotopic (exact) mass is 680 g/mol. The number of aliphatic hydroxyl groups excluding tert-OH is 7. The van der Waals surface area contributed by atoms with Crippen molar-refractivity contribution < 1.29 is 59.9 Å². The highest BCUT2D eigenvalue weighted by Gasteiger charge is 2.75. The lowest BCUT2D eigenvalue weighted by molar-refractivity contribution is -0.327. The number of ether oxygens (including phenoxy) is 3. The summed E-state index contributed by atoms with van der Waals surface area (Å²) in [4.78, 5) is 14.7. The number of allylic oxidation sites excluding steroid dienone is 1. The number of aliphatic hydroxyl groups is 8. The Kier molecular flexibility index (Phi) is 9.24. The second-order valence-electron chi connectivity index (χ2n) is 17.1. The van der Waals surface area contributed by atoms with Crippen molar-refractivity contribution in [3.8, 4) is 0 Å². The zero-order chi connectivity index (χ0) is 35.4. The average molecular weight is 681 g/mol. The molecule has 6 rings (SSSR count). The summed E-state index contributed by atoms with van der Waals surface area (Å²) in [6.07, 6.45) is -4.22. The maximum absolute atomic E-state index is 14.7. The fourth-order valence-corrected chi connectivity index (χ4v) is 11.6. The topological polar surface area (TPSA) is 207 Å². The quantitative estimate of drug-likeness (QED) is 0.179. The molecule has 6 aliphatic rings. The maximum Gasteiger partial charge on any atom is 0.187 e. The van der Waals surface area contributed by atoms with Gasteiger partial charge in [0.2, 0.25) is 0 Å². The highest BCUT2D eigenvalue weighted by molar-refractivity contribution is 5.88. The SMILES string of the molecule is CC1(C)C2=CC[C@@H]3[C@](C)(C(=O)C[C@]4(C)C5[C@@H](C[C@@]34C)O[C@H](C=C(CO)CO)C[C@]5(C)O)[C@@H]2CC(O)[C@H]1O[C@@H]1O[C@H](CO)[C@@H](O)[C@H](O)[C@H]1O. The Bertz CT molecular complexity index is 1320. The number of Topliss-reactive ketones (excluding diaryl/α,β-unsaturated/α-hetero) is 1. The van der Waals surface area contributed by atoms with Crippen LogP contribution in [0.15, 0.2) is 23.3 Å². The molecule has 3 saturated carbocycles. The minimum Gasteiger partial charge on any atom is -0.394 e. The summed E-state index contributed by atoms with van der Waals surface area (Å²) >= 11 is 0. The van der Waals surface area contributed by atoms with Crippen LogP contribution in [0.5, 0.6) is 0 Å². The normalized spacial score (nSPS) is 52.8. The van der Waals surface area contributed by atoms with Gasteiger partial charge in [0.25, 0.3) is 0 Å².